The zero-order valence-corrected chi connectivity index (χ0v) is 13.5. The SMILES string of the molecule is O=C(OCc1ccccc1)c1[nH]cc2c1CCC1(CC2)OCCO1. The second-order valence-electron chi connectivity index (χ2n) is 6.34. The van der Waals surface area contributed by atoms with Crippen molar-refractivity contribution >= 4 is 5.97 Å². The molecule has 24 heavy (non-hydrogen) atoms. The summed E-state index contributed by atoms with van der Waals surface area (Å²) in [6.45, 7) is 1.59. The van der Waals surface area contributed by atoms with Crippen molar-refractivity contribution in [3.8, 4) is 0 Å². The van der Waals surface area contributed by atoms with Gasteiger partial charge in [-0.15, -0.1) is 0 Å². The molecule has 126 valence electrons. The van der Waals surface area contributed by atoms with E-state index in [2.05, 4.69) is 4.98 Å². The predicted molar refractivity (Wildman–Crippen MR) is 87.6 cm³/mol. The zero-order valence-electron chi connectivity index (χ0n) is 13.5. The van der Waals surface area contributed by atoms with E-state index in [-0.39, 0.29) is 12.6 Å². The first-order valence-electron chi connectivity index (χ1n) is 8.44. The third kappa shape index (κ3) is 2.97. The maximum atomic E-state index is 12.5. The second-order valence-corrected chi connectivity index (χ2v) is 6.34. The minimum atomic E-state index is -0.461. The van der Waals surface area contributed by atoms with Crippen molar-refractivity contribution < 1.29 is 19.0 Å². The Balaban J connectivity index is 1.46. The Kier molecular flexibility index (Phi) is 4.12. The van der Waals surface area contributed by atoms with E-state index < -0.39 is 5.79 Å². The van der Waals surface area contributed by atoms with Gasteiger partial charge in [0.1, 0.15) is 12.3 Å². The van der Waals surface area contributed by atoms with Crippen molar-refractivity contribution in [3.63, 3.8) is 0 Å². The summed E-state index contributed by atoms with van der Waals surface area (Å²) >= 11 is 0. The Morgan fingerprint density at radius 3 is 2.67 bits per heavy atom. The van der Waals surface area contributed by atoms with E-state index in [9.17, 15) is 4.79 Å². The van der Waals surface area contributed by atoms with Crippen LogP contribution < -0.4 is 0 Å². The van der Waals surface area contributed by atoms with Crippen LogP contribution in [0.1, 0.15) is 40.0 Å². The summed E-state index contributed by atoms with van der Waals surface area (Å²) in [6, 6.07) is 9.71. The molecule has 2 aliphatic rings. The van der Waals surface area contributed by atoms with Gasteiger partial charge in [0.05, 0.1) is 13.2 Å². The number of ether oxygens (including phenoxy) is 3. The van der Waals surface area contributed by atoms with Crippen LogP contribution in [0, 0.1) is 0 Å². The number of hydrogen-bond donors (Lipinski definition) is 1. The number of carbonyl (C=O) groups is 1. The van der Waals surface area contributed by atoms with Crippen molar-refractivity contribution in [2.24, 2.45) is 0 Å². The Hall–Kier alpha value is -2.11. The third-order valence-electron chi connectivity index (χ3n) is 4.84. The lowest BCUT2D eigenvalue weighted by atomic mass is 10.1. The molecule has 0 bridgehead atoms. The summed E-state index contributed by atoms with van der Waals surface area (Å²) in [4.78, 5) is 15.6. The number of rotatable bonds is 3. The van der Waals surface area contributed by atoms with Gasteiger partial charge < -0.3 is 19.2 Å². The molecule has 0 unspecified atom stereocenters. The molecule has 2 aromatic rings. The predicted octanol–water partition coefficient (Wildman–Crippen LogP) is 2.99. The fraction of sp³-hybridized carbons (Fsp3) is 0.421. The first-order chi connectivity index (χ1) is 11.8. The Morgan fingerprint density at radius 2 is 1.88 bits per heavy atom. The number of hydrogen-bond acceptors (Lipinski definition) is 4. The number of esters is 1. The second kappa shape index (κ2) is 6.42. The lowest BCUT2D eigenvalue weighted by Crippen LogP contribution is -2.30. The van der Waals surface area contributed by atoms with Crippen LogP contribution in [0.4, 0.5) is 0 Å². The quantitative estimate of drug-likeness (QED) is 0.881. The summed E-state index contributed by atoms with van der Waals surface area (Å²) in [5.41, 5.74) is 3.76. The van der Waals surface area contributed by atoms with E-state index in [1.807, 2.05) is 36.5 Å². The maximum absolute atomic E-state index is 12.5. The number of H-pyrrole nitrogens is 1. The van der Waals surface area contributed by atoms with Crippen molar-refractivity contribution in [1.29, 1.82) is 0 Å². The molecule has 1 aliphatic carbocycles. The highest BCUT2D eigenvalue weighted by atomic mass is 16.7. The van der Waals surface area contributed by atoms with E-state index >= 15 is 0 Å². The van der Waals surface area contributed by atoms with Crippen LogP contribution in [0.3, 0.4) is 0 Å². The number of aryl methyl sites for hydroxylation is 1. The minimum Gasteiger partial charge on any atom is -0.456 e. The van der Waals surface area contributed by atoms with Crippen LogP contribution in [0.2, 0.25) is 0 Å². The monoisotopic (exact) mass is 327 g/mol. The van der Waals surface area contributed by atoms with Gasteiger partial charge in [0, 0.05) is 19.0 Å². The van der Waals surface area contributed by atoms with E-state index in [1.165, 1.54) is 0 Å². The van der Waals surface area contributed by atoms with Crippen LogP contribution in [0.25, 0.3) is 0 Å². The molecule has 0 radical (unpaired) electrons. The molecule has 0 saturated carbocycles. The van der Waals surface area contributed by atoms with Crippen molar-refractivity contribution in [2.75, 3.05) is 13.2 Å². The lowest BCUT2D eigenvalue weighted by molar-refractivity contribution is -0.164. The molecule has 1 aromatic heterocycles. The van der Waals surface area contributed by atoms with Gasteiger partial charge in [-0.05, 0) is 29.5 Å². The van der Waals surface area contributed by atoms with Crippen molar-refractivity contribution in [1.82, 2.24) is 4.98 Å². The first-order valence-corrected chi connectivity index (χ1v) is 8.44. The number of aromatic amines is 1. The van der Waals surface area contributed by atoms with Gasteiger partial charge in [-0.25, -0.2) is 4.79 Å². The van der Waals surface area contributed by atoms with Crippen LogP contribution in [0.15, 0.2) is 36.5 Å². The topological polar surface area (TPSA) is 60.6 Å². The molecule has 5 heteroatoms. The molecule has 1 fully saturated rings. The molecule has 1 saturated heterocycles. The van der Waals surface area contributed by atoms with E-state index in [1.54, 1.807) is 0 Å². The van der Waals surface area contributed by atoms with Gasteiger partial charge >= 0.3 is 5.97 Å². The average molecular weight is 327 g/mol. The number of carbonyl (C=O) groups excluding carboxylic acids is 1. The highest BCUT2D eigenvalue weighted by molar-refractivity contribution is 5.89. The zero-order chi connectivity index (χ0) is 16.4. The Bertz CT molecular complexity index is 716. The largest absolute Gasteiger partial charge is 0.456 e. The molecular formula is C19H21NO4. The summed E-state index contributed by atoms with van der Waals surface area (Å²) in [6.07, 6.45) is 5.13. The molecule has 5 nitrogen and oxygen atoms in total. The van der Waals surface area contributed by atoms with Gasteiger partial charge in [0.2, 0.25) is 0 Å². The van der Waals surface area contributed by atoms with E-state index in [0.29, 0.717) is 18.9 Å². The van der Waals surface area contributed by atoms with E-state index in [0.717, 1.165) is 42.4 Å². The fourth-order valence-corrected chi connectivity index (χ4v) is 3.53. The highest BCUT2D eigenvalue weighted by Gasteiger charge is 2.39. The molecule has 0 atom stereocenters. The van der Waals surface area contributed by atoms with Crippen molar-refractivity contribution in [2.45, 2.75) is 38.1 Å². The molecular weight excluding hydrogens is 306 g/mol. The van der Waals surface area contributed by atoms with Crippen LogP contribution in [-0.4, -0.2) is 30.0 Å². The Labute approximate surface area is 140 Å². The van der Waals surface area contributed by atoms with Crippen molar-refractivity contribution in [3.05, 3.63) is 58.9 Å². The molecule has 1 spiro atoms. The van der Waals surface area contributed by atoms with Gasteiger partial charge in [0.25, 0.3) is 0 Å². The lowest BCUT2D eigenvalue weighted by Gasteiger charge is -2.25. The number of fused-ring (bicyclic) bond motifs is 1. The first kappa shape index (κ1) is 15.4. The summed E-state index contributed by atoms with van der Waals surface area (Å²) in [7, 11) is 0. The number of nitrogens with one attached hydrogen (secondary N) is 1. The average Bonchev–Trinajstić information content (AvgIpc) is 3.20. The molecule has 2 heterocycles. The Morgan fingerprint density at radius 1 is 1.12 bits per heavy atom. The minimum absolute atomic E-state index is 0.281. The van der Waals surface area contributed by atoms with Crippen LogP contribution in [0.5, 0.6) is 0 Å². The number of benzene rings is 1. The van der Waals surface area contributed by atoms with Gasteiger partial charge in [-0.2, -0.15) is 0 Å². The normalized spacial score (nSPS) is 19.0. The van der Waals surface area contributed by atoms with Gasteiger partial charge in [-0.3, -0.25) is 0 Å². The molecule has 1 aliphatic heterocycles. The molecule has 1 aromatic carbocycles. The third-order valence-corrected chi connectivity index (χ3v) is 4.84. The number of aromatic nitrogens is 1. The van der Waals surface area contributed by atoms with Crippen LogP contribution >= 0.6 is 0 Å². The molecule has 4 rings (SSSR count). The standard InChI is InChI=1S/C19H21NO4/c21-18(22-13-14-4-2-1-3-5-14)17-16-7-9-19(23-10-11-24-19)8-6-15(16)12-20-17/h1-5,12,20H,6-11,13H2. The summed E-state index contributed by atoms with van der Waals surface area (Å²) in [5, 5.41) is 0. The summed E-state index contributed by atoms with van der Waals surface area (Å²) < 4.78 is 17.1. The van der Waals surface area contributed by atoms with Gasteiger partial charge in [-0.1, -0.05) is 30.3 Å². The fourth-order valence-electron chi connectivity index (χ4n) is 3.53. The summed E-state index contributed by atoms with van der Waals surface area (Å²) in [5.74, 6) is -0.763. The van der Waals surface area contributed by atoms with E-state index in [4.69, 9.17) is 14.2 Å². The molecule has 1 N–H and O–H groups in total. The highest BCUT2D eigenvalue weighted by Crippen LogP contribution is 2.35. The maximum Gasteiger partial charge on any atom is 0.355 e. The van der Waals surface area contributed by atoms with Gasteiger partial charge in [0.15, 0.2) is 5.79 Å². The smallest absolute Gasteiger partial charge is 0.355 e. The molecule has 0 amide bonds. The van der Waals surface area contributed by atoms with Crippen LogP contribution in [-0.2, 0) is 33.7 Å².